The Labute approximate surface area is 209 Å². The van der Waals surface area contributed by atoms with Gasteiger partial charge in [0.2, 0.25) is 0 Å². The molecule has 0 saturated carbocycles. The molecule has 2 aliphatic heterocycles. The summed E-state index contributed by atoms with van der Waals surface area (Å²) < 4.78 is 6.56. The van der Waals surface area contributed by atoms with Crippen LogP contribution in [-0.2, 0) is 28.8 Å². The van der Waals surface area contributed by atoms with Gasteiger partial charge < -0.3 is 10.1 Å². The van der Waals surface area contributed by atoms with E-state index in [0.717, 1.165) is 29.7 Å². The van der Waals surface area contributed by atoms with E-state index in [4.69, 9.17) is 9.84 Å². The first kappa shape index (κ1) is 23.2. The van der Waals surface area contributed by atoms with Gasteiger partial charge in [-0.2, -0.15) is 5.10 Å². The van der Waals surface area contributed by atoms with Crippen molar-refractivity contribution < 1.29 is 14.3 Å². The Morgan fingerprint density at radius 1 is 0.972 bits per heavy atom. The van der Waals surface area contributed by atoms with E-state index in [2.05, 4.69) is 34.6 Å². The molecule has 6 bridgehead atoms. The number of amides is 1. The molecule has 7 nitrogen and oxygen atoms in total. The van der Waals surface area contributed by atoms with Gasteiger partial charge in [-0.25, -0.2) is 14.5 Å². The van der Waals surface area contributed by atoms with Gasteiger partial charge in [0.05, 0.1) is 18.4 Å². The molecule has 2 aliphatic rings. The van der Waals surface area contributed by atoms with Crippen LogP contribution in [0.3, 0.4) is 0 Å². The van der Waals surface area contributed by atoms with Crippen LogP contribution in [-0.4, -0.2) is 39.8 Å². The first-order valence-electron chi connectivity index (χ1n) is 11.8. The highest BCUT2D eigenvalue weighted by Crippen LogP contribution is 2.21. The van der Waals surface area contributed by atoms with Gasteiger partial charge in [0.25, 0.3) is 5.91 Å². The molecule has 2 aromatic heterocycles. The van der Waals surface area contributed by atoms with Crippen molar-refractivity contribution >= 4 is 11.9 Å². The number of nitrogens with one attached hydrogen (secondary N) is 1. The number of esters is 1. The topological polar surface area (TPSA) is 86.1 Å². The monoisotopic (exact) mass is 478 g/mol. The summed E-state index contributed by atoms with van der Waals surface area (Å²) in [5.41, 5.74) is 5.35. The third-order valence-electron chi connectivity index (χ3n) is 6.19. The fourth-order valence-corrected chi connectivity index (χ4v) is 4.27. The summed E-state index contributed by atoms with van der Waals surface area (Å²) >= 11 is 0. The Balaban J connectivity index is 1.56. The van der Waals surface area contributed by atoms with E-state index in [0.29, 0.717) is 17.8 Å². The zero-order valence-electron chi connectivity index (χ0n) is 19.9. The largest absolute Gasteiger partial charge is 0.467 e. The Kier molecular flexibility index (Phi) is 6.71. The number of allylic oxidation sites excluding steroid dienone is 2. The minimum Gasteiger partial charge on any atom is -0.467 e. The Bertz CT molecular complexity index is 1420. The molecule has 4 heterocycles. The third-order valence-corrected chi connectivity index (χ3v) is 6.19. The van der Waals surface area contributed by atoms with Crippen LogP contribution in [0.15, 0.2) is 91.3 Å². The van der Waals surface area contributed by atoms with Crippen LogP contribution in [0, 0.1) is 0 Å². The van der Waals surface area contributed by atoms with Gasteiger partial charge in [0.1, 0.15) is 6.04 Å². The predicted molar refractivity (Wildman–Crippen MR) is 137 cm³/mol. The summed E-state index contributed by atoms with van der Waals surface area (Å²) in [7, 11) is 1.32. The summed E-state index contributed by atoms with van der Waals surface area (Å²) in [5.74, 6) is -0.560. The lowest BCUT2D eigenvalue weighted by atomic mass is 10.0. The van der Waals surface area contributed by atoms with Crippen LogP contribution in [0.4, 0.5) is 0 Å². The van der Waals surface area contributed by atoms with Gasteiger partial charge in [-0.3, -0.25) is 4.79 Å². The number of benzene rings is 2. The predicted octanol–water partition coefficient (Wildman–Crippen LogP) is 4.10. The molecule has 0 saturated heterocycles. The molecule has 0 spiro atoms. The maximum absolute atomic E-state index is 13.3. The molecule has 4 aromatic rings. The zero-order chi connectivity index (χ0) is 24.9. The van der Waals surface area contributed by atoms with Crippen molar-refractivity contribution in [2.75, 3.05) is 7.11 Å². The molecule has 1 atom stereocenters. The van der Waals surface area contributed by atoms with Gasteiger partial charge in [-0.05, 0) is 53.8 Å². The number of ether oxygens (including phenoxy) is 1. The molecule has 1 N–H and O–H groups in total. The van der Waals surface area contributed by atoms with Crippen molar-refractivity contribution in [3.05, 3.63) is 114 Å². The van der Waals surface area contributed by atoms with E-state index in [1.807, 2.05) is 42.5 Å². The highest BCUT2D eigenvalue weighted by Gasteiger charge is 2.25. The number of rotatable bonds is 1. The summed E-state index contributed by atoms with van der Waals surface area (Å²) in [6.45, 7) is 0. The summed E-state index contributed by atoms with van der Waals surface area (Å²) in [5, 5.41) is 7.52. The van der Waals surface area contributed by atoms with E-state index >= 15 is 0 Å². The molecule has 36 heavy (non-hydrogen) atoms. The van der Waals surface area contributed by atoms with E-state index in [1.54, 1.807) is 29.2 Å². The Morgan fingerprint density at radius 3 is 2.56 bits per heavy atom. The first-order valence-corrected chi connectivity index (χ1v) is 11.8. The lowest BCUT2D eigenvalue weighted by Crippen LogP contribution is -2.43. The second kappa shape index (κ2) is 10.4. The number of hydrogen-bond acceptors (Lipinski definition) is 5. The summed E-state index contributed by atoms with van der Waals surface area (Å²) in [6.07, 6.45) is 9.66. The fraction of sp³-hybridized carbons (Fsp3) is 0.172. The van der Waals surface area contributed by atoms with Crippen LogP contribution < -0.4 is 5.32 Å². The van der Waals surface area contributed by atoms with Crippen molar-refractivity contribution in [2.24, 2.45) is 0 Å². The van der Waals surface area contributed by atoms with Crippen molar-refractivity contribution in [1.29, 1.82) is 0 Å². The molecule has 1 amide bonds. The van der Waals surface area contributed by atoms with Gasteiger partial charge in [0.15, 0.2) is 5.82 Å². The smallest absolute Gasteiger partial charge is 0.328 e. The molecular formula is C29H26N4O3. The van der Waals surface area contributed by atoms with Gasteiger partial charge >= 0.3 is 5.97 Å². The lowest BCUT2D eigenvalue weighted by Gasteiger charge is -2.18. The number of aromatic nitrogens is 3. The molecule has 0 fully saturated rings. The average Bonchev–Trinajstić information content (AvgIpc) is 3.41. The van der Waals surface area contributed by atoms with Crippen LogP contribution >= 0.6 is 0 Å². The quantitative estimate of drug-likeness (QED) is 0.329. The minimum atomic E-state index is -0.845. The second-order valence-corrected chi connectivity index (χ2v) is 8.67. The summed E-state index contributed by atoms with van der Waals surface area (Å²) in [4.78, 5) is 30.3. The zero-order valence-corrected chi connectivity index (χ0v) is 19.9. The first-order chi connectivity index (χ1) is 17.6. The molecule has 7 heteroatoms. The number of carbonyl (C=O) groups is 2. The van der Waals surface area contributed by atoms with E-state index in [9.17, 15) is 9.59 Å². The summed E-state index contributed by atoms with van der Waals surface area (Å²) in [6, 6.07) is 20.7. The molecule has 6 rings (SSSR count). The Morgan fingerprint density at radius 2 is 1.75 bits per heavy atom. The Hall–Kier alpha value is -4.52. The molecule has 0 unspecified atom stereocenters. The third kappa shape index (κ3) is 5.10. The lowest BCUT2D eigenvalue weighted by molar-refractivity contribution is -0.142. The number of carbonyl (C=O) groups excluding carboxylic acids is 2. The molecule has 180 valence electrons. The van der Waals surface area contributed by atoms with E-state index in [1.165, 1.54) is 18.2 Å². The van der Waals surface area contributed by atoms with Gasteiger partial charge in [-0.1, -0.05) is 54.6 Å². The number of nitrogens with zero attached hydrogens (tertiary/aromatic N) is 3. The molecule has 0 radical (unpaired) electrons. The SMILES string of the molecule is COC(=O)[C@@H]1Cc2ccc(cc2)CC=CCc2cccc(c2)-c2ccn(n2)-c2ncccc2C(=O)N1. The normalized spacial score (nSPS) is 15.6. The van der Waals surface area contributed by atoms with Gasteiger partial charge in [0, 0.05) is 24.4 Å². The van der Waals surface area contributed by atoms with Gasteiger partial charge in [-0.15, -0.1) is 0 Å². The molecule has 0 aliphatic carbocycles. The van der Waals surface area contributed by atoms with Crippen molar-refractivity contribution in [3.8, 4) is 17.1 Å². The maximum Gasteiger partial charge on any atom is 0.328 e. The highest BCUT2D eigenvalue weighted by atomic mass is 16.5. The van der Waals surface area contributed by atoms with Crippen LogP contribution in [0.25, 0.3) is 17.1 Å². The maximum atomic E-state index is 13.3. The fourth-order valence-electron chi connectivity index (χ4n) is 4.27. The van der Waals surface area contributed by atoms with E-state index < -0.39 is 17.9 Å². The minimum absolute atomic E-state index is 0.310. The van der Waals surface area contributed by atoms with Crippen molar-refractivity contribution in [1.82, 2.24) is 20.1 Å². The average molecular weight is 479 g/mol. The van der Waals surface area contributed by atoms with Crippen LogP contribution in [0.5, 0.6) is 0 Å². The second-order valence-electron chi connectivity index (χ2n) is 8.67. The highest BCUT2D eigenvalue weighted by molar-refractivity contribution is 5.99. The molecule has 2 aromatic carbocycles. The van der Waals surface area contributed by atoms with Crippen LogP contribution in [0.1, 0.15) is 27.0 Å². The van der Waals surface area contributed by atoms with Crippen molar-refractivity contribution in [2.45, 2.75) is 25.3 Å². The van der Waals surface area contributed by atoms with E-state index in [-0.39, 0.29) is 0 Å². The number of methoxy groups -OCH3 is 1. The van der Waals surface area contributed by atoms with Crippen molar-refractivity contribution in [3.63, 3.8) is 0 Å². The van der Waals surface area contributed by atoms with Crippen LogP contribution in [0.2, 0.25) is 0 Å². The molecular weight excluding hydrogens is 452 g/mol. The number of hydrogen-bond donors (Lipinski definition) is 1. The standard InChI is InChI=1S/C29H26N4O3/c1-36-29(35)26-19-22-13-11-20(12-14-22)6-2-3-7-21-8-4-9-23(18-21)25-15-17-33(32-25)27-24(28(34)31-26)10-5-16-30-27/h2-5,8-18,26H,6-7,19H2,1H3,(H,31,34)/t26-/m0/s1. The number of fused-ring (bicyclic) bond motifs is 7. The number of pyridine rings is 1.